The number of fused-ring (bicyclic) bond motifs is 1. The van der Waals surface area contributed by atoms with Gasteiger partial charge in [0.2, 0.25) is 0 Å². The van der Waals surface area contributed by atoms with Crippen molar-refractivity contribution in [3.8, 4) is 0 Å². The molecule has 2 fully saturated rings. The number of hydrogen-bond donors (Lipinski definition) is 4. The molecule has 0 atom stereocenters. The average Bonchev–Trinajstić information content (AvgIpc) is 1.99. The molecule has 2 aliphatic heterocycles. The zero-order valence-electron chi connectivity index (χ0n) is 9.57. The second-order valence-corrected chi connectivity index (χ2v) is 5.77. The minimum Gasteiger partial charge on any atom is -0.298 e. The van der Waals surface area contributed by atoms with Gasteiger partial charge in [0.25, 0.3) is 0 Å². The van der Waals surface area contributed by atoms with Crippen LogP contribution in [0.4, 0.5) is 0 Å². The first-order chi connectivity index (χ1) is 6.38. The zero-order chi connectivity index (χ0) is 10.4. The van der Waals surface area contributed by atoms with Crippen molar-refractivity contribution in [2.45, 2.75) is 51.1 Å². The predicted octanol–water partition coefficient (Wildman–Crippen LogP) is -0.419. The SMILES string of the molecule is CC1(C)CNC2NCC(C)(C)NC2N1. The van der Waals surface area contributed by atoms with Gasteiger partial charge in [-0.25, -0.2) is 0 Å². The molecule has 0 bridgehead atoms. The van der Waals surface area contributed by atoms with Crippen LogP contribution in [0.2, 0.25) is 0 Å². The van der Waals surface area contributed by atoms with Crippen LogP contribution < -0.4 is 21.3 Å². The number of piperazine rings is 2. The van der Waals surface area contributed by atoms with Gasteiger partial charge in [0.05, 0.1) is 12.3 Å². The van der Waals surface area contributed by atoms with E-state index in [9.17, 15) is 0 Å². The first-order valence-electron chi connectivity index (χ1n) is 5.40. The number of hydrogen-bond acceptors (Lipinski definition) is 4. The summed E-state index contributed by atoms with van der Waals surface area (Å²) < 4.78 is 0. The van der Waals surface area contributed by atoms with Crippen LogP contribution in [0, 0.1) is 0 Å². The summed E-state index contributed by atoms with van der Waals surface area (Å²) in [5, 5.41) is 14.3. The van der Waals surface area contributed by atoms with Gasteiger partial charge in [-0.05, 0) is 27.7 Å². The van der Waals surface area contributed by atoms with Crippen molar-refractivity contribution in [3.63, 3.8) is 0 Å². The largest absolute Gasteiger partial charge is 0.298 e. The molecule has 0 radical (unpaired) electrons. The summed E-state index contributed by atoms with van der Waals surface area (Å²) in [4.78, 5) is 0. The molecule has 0 spiro atoms. The zero-order valence-corrected chi connectivity index (χ0v) is 9.57. The lowest BCUT2D eigenvalue weighted by atomic mass is 9.96. The minimum absolute atomic E-state index is 0.170. The Labute approximate surface area is 86.2 Å². The fourth-order valence-electron chi connectivity index (χ4n) is 2.18. The Balaban J connectivity index is 2.04. The standard InChI is InChI=1S/C10H22N4/c1-9(2)5-11-7-8(13-9)14-10(3,4)6-12-7/h7-8,11-14H,5-6H2,1-4H3. The molecule has 2 rings (SSSR count). The highest BCUT2D eigenvalue weighted by molar-refractivity contribution is 5.01. The van der Waals surface area contributed by atoms with Gasteiger partial charge in [-0.2, -0.15) is 0 Å². The molecule has 4 nitrogen and oxygen atoms in total. The first kappa shape index (κ1) is 10.4. The van der Waals surface area contributed by atoms with E-state index < -0.39 is 0 Å². The van der Waals surface area contributed by atoms with Gasteiger partial charge in [-0.3, -0.25) is 21.3 Å². The van der Waals surface area contributed by atoms with E-state index in [4.69, 9.17) is 0 Å². The molecule has 0 saturated carbocycles. The molecule has 14 heavy (non-hydrogen) atoms. The molecule has 2 saturated heterocycles. The third kappa shape index (κ3) is 2.08. The van der Waals surface area contributed by atoms with Crippen molar-refractivity contribution >= 4 is 0 Å². The van der Waals surface area contributed by atoms with E-state index in [1.165, 1.54) is 0 Å². The van der Waals surface area contributed by atoms with E-state index >= 15 is 0 Å². The van der Waals surface area contributed by atoms with Gasteiger partial charge < -0.3 is 0 Å². The first-order valence-corrected chi connectivity index (χ1v) is 5.40. The molecule has 4 heteroatoms. The fourth-order valence-corrected chi connectivity index (χ4v) is 2.18. The van der Waals surface area contributed by atoms with Gasteiger partial charge in [-0.15, -0.1) is 0 Å². The van der Waals surface area contributed by atoms with Gasteiger partial charge >= 0.3 is 0 Å². The van der Waals surface area contributed by atoms with Gasteiger partial charge in [0.1, 0.15) is 0 Å². The number of nitrogens with one attached hydrogen (secondary N) is 4. The summed E-state index contributed by atoms with van der Waals surface area (Å²) in [6.45, 7) is 10.9. The molecule has 0 amide bonds. The van der Waals surface area contributed by atoms with Crippen LogP contribution >= 0.6 is 0 Å². The minimum atomic E-state index is 0.170. The quantitative estimate of drug-likeness (QED) is 0.427. The summed E-state index contributed by atoms with van der Waals surface area (Å²) in [6, 6.07) is 0. The Morgan fingerprint density at radius 2 is 1.21 bits per heavy atom. The van der Waals surface area contributed by atoms with Crippen LogP contribution in [0.15, 0.2) is 0 Å². The van der Waals surface area contributed by atoms with Crippen molar-refractivity contribution in [1.82, 2.24) is 21.3 Å². The Hall–Kier alpha value is -0.160. The molecule has 0 aromatic rings. The third-order valence-corrected chi connectivity index (χ3v) is 2.95. The Kier molecular flexibility index (Phi) is 2.34. The molecule has 0 aliphatic carbocycles. The Morgan fingerprint density at radius 3 is 1.64 bits per heavy atom. The number of rotatable bonds is 0. The van der Waals surface area contributed by atoms with Gasteiger partial charge in [-0.1, -0.05) is 0 Å². The molecule has 0 aromatic carbocycles. The monoisotopic (exact) mass is 198 g/mol. The van der Waals surface area contributed by atoms with E-state index in [0.717, 1.165) is 13.1 Å². The van der Waals surface area contributed by atoms with Crippen molar-refractivity contribution in [2.24, 2.45) is 0 Å². The Morgan fingerprint density at radius 1 is 0.786 bits per heavy atom. The van der Waals surface area contributed by atoms with Crippen molar-refractivity contribution in [1.29, 1.82) is 0 Å². The van der Waals surface area contributed by atoms with E-state index in [0.29, 0.717) is 12.3 Å². The molecule has 4 N–H and O–H groups in total. The summed E-state index contributed by atoms with van der Waals surface area (Å²) in [5.74, 6) is 0. The van der Waals surface area contributed by atoms with E-state index in [2.05, 4.69) is 49.0 Å². The van der Waals surface area contributed by atoms with Gasteiger partial charge in [0, 0.05) is 24.2 Å². The maximum Gasteiger partial charge on any atom is 0.0875 e. The lowest BCUT2D eigenvalue weighted by Crippen LogP contribution is -2.79. The van der Waals surface area contributed by atoms with Crippen LogP contribution in [0.1, 0.15) is 27.7 Å². The van der Waals surface area contributed by atoms with E-state index in [-0.39, 0.29) is 11.1 Å². The highest BCUT2D eigenvalue weighted by Crippen LogP contribution is 2.15. The second-order valence-electron chi connectivity index (χ2n) is 5.77. The lowest BCUT2D eigenvalue weighted by Gasteiger charge is -2.50. The van der Waals surface area contributed by atoms with Crippen LogP contribution in [-0.2, 0) is 0 Å². The van der Waals surface area contributed by atoms with Crippen LogP contribution in [-0.4, -0.2) is 36.5 Å². The van der Waals surface area contributed by atoms with Crippen molar-refractivity contribution in [2.75, 3.05) is 13.1 Å². The maximum absolute atomic E-state index is 3.61. The molecule has 2 aliphatic rings. The molecule has 0 aromatic heterocycles. The molecular formula is C10H22N4. The Bertz CT molecular complexity index is 202. The predicted molar refractivity (Wildman–Crippen MR) is 58.0 cm³/mol. The average molecular weight is 198 g/mol. The summed E-state index contributed by atoms with van der Waals surface area (Å²) in [5.41, 5.74) is 0.340. The van der Waals surface area contributed by atoms with Crippen LogP contribution in [0.3, 0.4) is 0 Å². The smallest absolute Gasteiger partial charge is 0.0875 e. The molecule has 82 valence electrons. The normalized spacial score (nSPS) is 40.3. The summed E-state index contributed by atoms with van der Waals surface area (Å²) in [7, 11) is 0. The highest BCUT2D eigenvalue weighted by Gasteiger charge is 2.39. The van der Waals surface area contributed by atoms with Crippen LogP contribution in [0.5, 0.6) is 0 Å². The van der Waals surface area contributed by atoms with Crippen molar-refractivity contribution < 1.29 is 0 Å². The van der Waals surface area contributed by atoms with E-state index in [1.807, 2.05) is 0 Å². The maximum atomic E-state index is 3.61. The van der Waals surface area contributed by atoms with Crippen molar-refractivity contribution in [3.05, 3.63) is 0 Å². The van der Waals surface area contributed by atoms with E-state index in [1.54, 1.807) is 0 Å². The molecule has 0 unspecified atom stereocenters. The molecular weight excluding hydrogens is 176 g/mol. The lowest BCUT2D eigenvalue weighted by molar-refractivity contribution is 0.0945. The van der Waals surface area contributed by atoms with Gasteiger partial charge in [0.15, 0.2) is 0 Å². The topological polar surface area (TPSA) is 48.1 Å². The highest BCUT2D eigenvalue weighted by atomic mass is 15.4. The third-order valence-electron chi connectivity index (χ3n) is 2.95. The molecule has 2 heterocycles. The summed E-state index contributed by atoms with van der Waals surface area (Å²) in [6.07, 6.45) is 0.679. The second kappa shape index (κ2) is 3.17. The summed E-state index contributed by atoms with van der Waals surface area (Å²) >= 11 is 0. The fraction of sp³-hybridized carbons (Fsp3) is 1.00. The van der Waals surface area contributed by atoms with Crippen LogP contribution in [0.25, 0.3) is 0 Å².